The first-order valence-corrected chi connectivity index (χ1v) is 5.08. The van der Waals surface area contributed by atoms with Gasteiger partial charge in [-0.1, -0.05) is 31.2 Å². The van der Waals surface area contributed by atoms with E-state index in [0.717, 1.165) is 6.42 Å². The van der Waals surface area contributed by atoms with E-state index in [9.17, 15) is 4.39 Å². The molecule has 14 heavy (non-hydrogen) atoms. The van der Waals surface area contributed by atoms with E-state index in [2.05, 4.69) is 19.1 Å². The molecule has 0 heterocycles. The van der Waals surface area contributed by atoms with Gasteiger partial charge in [-0.05, 0) is 17.5 Å². The van der Waals surface area contributed by atoms with Crippen molar-refractivity contribution in [3.63, 3.8) is 0 Å². The molecule has 1 aromatic rings. The Labute approximate surface area is 83.9 Å². The molecule has 0 spiro atoms. The lowest BCUT2D eigenvalue weighted by Gasteiger charge is -2.15. The topological polar surface area (TPSA) is 9.23 Å². The molecule has 0 saturated heterocycles. The lowest BCUT2D eigenvalue weighted by atomic mass is 10.0. The number of halogens is 1. The van der Waals surface area contributed by atoms with Gasteiger partial charge in [0, 0.05) is 5.92 Å². The van der Waals surface area contributed by atoms with Crippen molar-refractivity contribution in [2.75, 3.05) is 13.3 Å². The van der Waals surface area contributed by atoms with Crippen LogP contribution in [0.1, 0.15) is 24.0 Å². The SMILES string of the molecule is CC1c2ccccc2C[C@H]1OCCF. The molecule has 0 bridgehead atoms. The molecule has 1 unspecified atom stereocenters. The molecular formula is C12H15FO. The smallest absolute Gasteiger partial charge is 0.113 e. The van der Waals surface area contributed by atoms with E-state index in [-0.39, 0.29) is 19.4 Å². The zero-order valence-electron chi connectivity index (χ0n) is 8.37. The summed E-state index contributed by atoms with van der Waals surface area (Å²) in [5.41, 5.74) is 2.71. The van der Waals surface area contributed by atoms with Crippen LogP contribution in [0.4, 0.5) is 4.39 Å². The molecule has 0 amide bonds. The van der Waals surface area contributed by atoms with Crippen molar-refractivity contribution in [1.29, 1.82) is 0 Å². The van der Waals surface area contributed by atoms with Crippen LogP contribution >= 0.6 is 0 Å². The van der Waals surface area contributed by atoms with Crippen molar-refractivity contribution >= 4 is 0 Å². The van der Waals surface area contributed by atoms with E-state index >= 15 is 0 Å². The molecule has 0 aromatic heterocycles. The summed E-state index contributed by atoms with van der Waals surface area (Å²) in [6, 6.07) is 8.36. The number of hydrogen-bond acceptors (Lipinski definition) is 1. The van der Waals surface area contributed by atoms with Crippen molar-refractivity contribution in [3.8, 4) is 0 Å². The summed E-state index contributed by atoms with van der Waals surface area (Å²) < 4.78 is 17.4. The molecule has 0 fully saturated rings. The van der Waals surface area contributed by atoms with E-state index in [1.807, 2.05) is 12.1 Å². The lowest BCUT2D eigenvalue weighted by Crippen LogP contribution is -2.17. The van der Waals surface area contributed by atoms with Crippen LogP contribution in [0.25, 0.3) is 0 Å². The Hall–Kier alpha value is -0.890. The van der Waals surface area contributed by atoms with Gasteiger partial charge in [0.15, 0.2) is 0 Å². The van der Waals surface area contributed by atoms with Gasteiger partial charge in [-0.2, -0.15) is 0 Å². The molecule has 1 aliphatic rings. The van der Waals surface area contributed by atoms with Crippen molar-refractivity contribution in [3.05, 3.63) is 35.4 Å². The second-order valence-corrected chi connectivity index (χ2v) is 3.79. The zero-order chi connectivity index (χ0) is 9.97. The number of fused-ring (bicyclic) bond motifs is 1. The maximum absolute atomic E-state index is 12.0. The molecule has 0 aliphatic heterocycles. The first-order valence-electron chi connectivity index (χ1n) is 5.08. The molecule has 2 heteroatoms. The van der Waals surface area contributed by atoms with Crippen LogP contribution in [-0.4, -0.2) is 19.4 Å². The highest BCUT2D eigenvalue weighted by atomic mass is 19.1. The largest absolute Gasteiger partial charge is 0.375 e. The van der Waals surface area contributed by atoms with E-state index in [1.54, 1.807) is 0 Å². The third kappa shape index (κ3) is 1.67. The van der Waals surface area contributed by atoms with Gasteiger partial charge in [-0.15, -0.1) is 0 Å². The minimum atomic E-state index is -0.389. The van der Waals surface area contributed by atoms with Gasteiger partial charge >= 0.3 is 0 Å². The average molecular weight is 194 g/mol. The molecule has 1 nitrogen and oxygen atoms in total. The standard InChI is InChI=1S/C12H15FO/c1-9-11-5-3-2-4-10(11)8-12(9)14-7-6-13/h2-5,9,12H,6-8H2,1H3/t9?,12-/m1/s1. The van der Waals surface area contributed by atoms with Crippen LogP contribution < -0.4 is 0 Å². The van der Waals surface area contributed by atoms with Crippen molar-refractivity contribution in [2.24, 2.45) is 0 Å². The molecule has 1 aromatic carbocycles. The second kappa shape index (κ2) is 4.09. The highest BCUT2D eigenvalue weighted by molar-refractivity contribution is 5.36. The van der Waals surface area contributed by atoms with E-state index < -0.39 is 0 Å². The van der Waals surface area contributed by atoms with Crippen molar-refractivity contribution in [2.45, 2.75) is 25.4 Å². The third-order valence-electron chi connectivity index (χ3n) is 2.93. The lowest BCUT2D eigenvalue weighted by molar-refractivity contribution is 0.0378. The zero-order valence-corrected chi connectivity index (χ0v) is 8.37. The summed E-state index contributed by atoms with van der Waals surface area (Å²) >= 11 is 0. The first-order chi connectivity index (χ1) is 6.83. The molecule has 0 N–H and O–H groups in total. The Morgan fingerprint density at radius 3 is 2.93 bits per heavy atom. The summed E-state index contributed by atoms with van der Waals surface area (Å²) in [6.45, 7) is 1.98. The summed E-state index contributed by atoms with van der Waals surface area (Å²) in [6.07, 6.45) is 1.10. The summed E-state index contributed by atoms with van der Waals surface area (Å²) in [4.78, 5) is 0. The normalized spacial score (nSPS) is 25.0. The summed E-state index contributed by atoms with van der Waals surface area (Å²) in [7, 11) is 0. The van der Waals surface area contributed by atoms with E-state index in [1.165, 1.54) is 11.1 Å². The Kier molecular flexibility index (Phi) is 2.82. The Balaban J connectivity index is 2.09. The minimum Gasteiger partial charge on any atom is -0.375 e. The van der Waals surface area contributed by atoms with Crippen molar-refractivity contribution in [1.82, 2.24) is 0 Å². The monoisotopic (exact) mass is 194 g/mol. The molecule has 76 valence electrons. The quantitative estimate of drug-likeness (QED) is 0.718. The predicted octanol–water partition coefficient (Wildman–Crippen LogP) is 2.70. The second-order valence-electron chi connectivity index (χ2n) is 3.79. The summed E-state index contributed by atoms with van der Waals surface area (Å²) in [5.74, 6) is 0.401. The molecular weight excluding hydrogens is 179 g/mol. The maximum Gasteiger partial charge on any atom is 0.113 e. The Morgan fingerprint density at radius 1 is 1.43 bits per heavy atom. The molecule has 2 atom stereocenters. The molecule has 0 radical (unpaired) electrons. The average Bonchev–Trinajstić information content (AvgIpc) is 2.54. The first kappa shape index (κ1) is 9.66. The van der Waals surface area contributed by atoms with Gasteiger partial charge in [-0.25, -0.2) is 4.39 Å². The highest BCUT2D eigenvalue weighted by Crippen LogP contribution is 2.34. The summed E-state index contributed by atoms with van der Waals surface area (Å²) in [5, 5.41) is 0. The number of benzene rings is 1. The Morgan fingerprint density at radius 2 is 2.21 bits per heavy atom. The predicted molar refractivity (Wildman–Crippen MR) is 54.3 cm³/mol. The number of rotatable bonds is 3. The number of alkyl halides is 1. The van der Waals surface area contributed by atoms with Crippen LogP contribution in [0.15, 0.2) is 24.3 Å². The molecule has 1 aliphatic carbocycles. The van der Waals surface area contributed by atoms with Gasteiger partial charge in [0.1, 0.15) is 6.67 Å². The van der Waals surface area contributed by atoms with Crippen LogP contribution in [-0.2, 0) is 11.2 Å². The van der Waals surface area contributed by atoms with Crippen LogP contribution in [0, 0.1) is 0 Å². The van der Waals surface area contributed by atoms with Crippen LogP contribution in [0.3, 0.4) is 0 Å². The van der Waals surface area contributed by atoms with Gasteiger partial charge < -0.3 is 4.74 Å². The van der Waals surface area contributed by atoms with Gasteiger partial charge in [-0.3, -0.25) is 0 Å². The van der Waals surface area contributed by atoms with Crippen molar-refractivity contribution < 1.29 is 9.13 Å². The van der Waals surface area contributed by atoms with Crippen LogP contribution in [0.5, 0.6) is 0 Å². The number of ether oxygens (including phenoxy) is 1. The van der Waals surface area contributed by atoms with Crippen LogP contribution in [0.2, 0.25) is 0 Å². The Bertz CT molecular complexity index is 311. The van der Waals surface area contributed by atoms with Gasteiger partial charge in [0.25, 0.3) is 0 Å². The fraction of sp³-hybridized carbons (Fsp3) is 0.500. The molecule has 2 rings (SSSR count). The fourth-order valence-electron chi connectivity index (χ4n) is 2.16. The minimum absolute atomic E-state index is 0.170. The highest BCUT2D eigenvalue weighted by Gasteiger charge is 2.28. The fourth-order valence-corrected chi connectivity index (χ4v) is 2.16. The number of hydrogen-bond donors (Lipinski definition) is 0. The van der Waals surface area contributed by atoms with E-state index in [0.29, 0.717) is 5.92 Å². The van der Waals surface area contributed by atoms with E-state index in [4.69, 9.17) is 4.74 Å². The maximum atomic E-state index is 12.0. The van der Waals surface area contributed by atoms with Gasteiger partial charge in [0.05, 0.1) is 12.7 Å². The van der Waals surface area contributed by atoms with Gasteiger partial charge in [0.2, 0.25) is 0 Å². The third-order valence-corrected chi connectivity index (χ3v) is 2.93. The molecule has 0 saturated carbocycles.